The van der Waals surface area contributed by atoms with Gasteiger partial charge in [-0.15, -0.1) is 0 Å². The highest BCUT2D eigenvalue weighted by molar-refractivity contribution is 5.46. The number of rotatable bonds is 3. The lowest BCUT2D eigenvalue weighted by Crippen LogP contribution is -2.39. The minimum atomic E-state index is -0.153. The van der Waals surface area contributed by atoms with Crippen molar-refractivity contribution in [3.63, 3.8) is 0 Å². The van der Waals surface area contributed by atoms with Crippen LogP contribution in [0.3, 0.4) is 0 Å². The molecule has 1 atom stereocenters. The minimum Gasteiger partial charge on any atom is -0.370 e. The molecule has 116 valence electrons. The van der Waals surface area contributed by atoms with Crippen LogP contribution in [0, 0.1) is 11.7 Å². The van der Waals surface area contributed by atoms with Gasteiger partial charge in [0.05, 0.1) is 0 Å². The van der Waals surface area contributed by atoms with Gasteiger partial charge in [0.15, 0.2) is 0 Å². The maximum absolute atomic E-state index is 13.0. The molecule has 1 N–H and O–H groups in total. The van der Waals surface area contributed by atoms with Gasteiger partial charge in [-0.1, -0.05) is 0 Å². The number of anilines is 1. The van der Waals surface area contributed by atoms with Gasteiger partial charge in [0.2, 0.25) is 0 Å². The fourth-order valence-corrected chi connectivity index (χ4v) is 3.51. The summed E-state index contributed by atoms with van der Waals surface area (Å²) in [5.74, 6) is 0.663. The standard InChI is InChI=1S/C17H26FN3/c18-16-4-6-17(7-5-16)21-10-2-9-20(11-12-21)14-15-3-1-8-19-13-15/h4-7,15,19H,1-3,8-14H2. The zero-order valence-electron chi connectivity index (χ0n) is 12.7. The van der Waals surface area contributed by atoms with Crippen LogP contribution in [0.4, 0.5) is 10.1 Å². The Morgan fingerprint density at radius 2 is 1.90 bits per heavy atom. The maximum Gasteiger partial charge on any atom is 0.123 e. The number of hydrogen-bond acceptors (Lipinski definition) is 3. The van der Waals surface area contributed by atoms with Crippen LogP contribution in [-0.2, 0) is 0 Å². The van der Waals surface area contributed by atoms with E-state index in [1.807, 2.05) is 12.1 Å². The van der Waals surface area contributed by atoms with Crippen LogP contribution >= 0.6 is 0 Å². The van der Waals surface area contributed by atoms with E-state index in [-0.39, 0.29) is 5.82 Å². The Bertz CT molecular complexity index is 428. The monoisotopic (exact) mass is 291 g/mol. The highest BCUT2D eigenvalue weighted by Gasteiger charge is 2.20. The van der Waals surface area contributed by atoms with Crippen molar-refractivity contribution >= 4 is 5.69 Å². The van der Waals surface area contributed by atoms with Crippen molar-refractivity contribution in [2.75, 3.05) is 50.7 Å². The molecular weight excluding hydrogens is 265 g/mol. The predicted molar refractivity (Wildman–Crippen MR) is 85.3 cm³/mol. The van der Waals surface area contributed by atoms with E-state index in [9.17, 15) is 4.39 Å². The molecule has 3 nitrogen and oxygen atoms in total. The summed E-state index contributed by atoms with van der Waals surface area (Å²) < 4.78 is 13.0. The summed E-state index contributed by atoms with van der Waals surface area (Å²) in [6, 6.07) is 6.92. The van der Waals surface area contributed by atoms with E-state index in [0.29, 0.717) is 0 Å². The molecule has 2 aliphatic rings. The van der Waals surface area contributed by atoms with Gasteiger partial charge >= 0.3 is 0 Å². The highest BCUT2D eigenvalue weighted by Crippen LogP contribution is 2.18. The predicted octanol–water partition coefficient (Wildman–Crippen LogP) is 2.34. The van der Waals surface area contributed by atoms with Crippen LogP contribution in [0.1, 0.15) is 19.3 Å². The normalized spacial score (nSPS) is 24.8. The molecule has 0 amide bonds. The fourth-order valence-electron chi connectivity index (χ4n) is 3.51. The van der Waals surface area contributed by atoms with Crippen LogP contribution in [0.2, 0.25) is 0 Å². The highest BCUT2D eigenvalue weighted by atomic mass is 19.1. The molecule has 1 aromatic rings. The van der Waals surface area contributed by atoms with E-state index in [1.54, 1.807) is 12.1 Å². The summed E-state index contributed by atoms with van der Waals surface area (Å²) >= 11 is 0. The Balaban J connectivity index is 1.52. The van der Waals surface area contributed by atoms with Crippen LogP contribution in [0.15, 0.2) is 24.3 Å². The van der Waals surface area contributed by atoms with E-state index >= 15 is 0 Å². The number of nitrogens with zero attached hydrogens (tertiary/aromatic N) is 2. The molecule has 2 fully saturated rings. The average Bonchev–Trinajstić information content (AvgIpc) is 2.75. The van der Waals surface area contributed by atoms with Crippen molar-refractivity contribution in [1.29, 1.82) is 0 Å². The molecule has 2 heterocycles. The lowest BCUT2D eigenvalue weighted by molar-refractivity contribution is 0.219. The van der Waals surface area contributed by atoms with E-state index in [1.165, 1.54) is 45.4 Å². The van der Waals surface area contributed by atoms with Gasteiger partial charge < -0.3 is 15.1 Å². The molecule has 0 radical (unpaired) electrons. The smallest absolute Gasteiger partial charge is 0.123 e. The zero-order chi connectivity index (χ0) is 14.5. The first-order valence-electron chi connectivity index (χ1n) is 8.25. The Hall–Kier alpha value is -1.13. The molecule has 0 saturated carbocycles. The molecule has 0 aliphatic carbocycles. The quantitative estimate of drug-likeness (QED) is 0.922. The number of piperidine rings is 1. The van der Waals surface area contributed by atoms with Crippen LogP contribution in [0.5, 0.6) is 0 Å². The van der Waals surface area contributed by atoms with E-state index < -0.39 is 0 Å². The van der Waals surface area contributed by atoms with Crippen LogP contribution < -0.4 is 10.2 Å². The largest absolute Gasteiger partial charge is 0.370 e. The third-order valence-corrected chi connectivity index (χ3v) is 4.70. The molecule has 0 aromatic heterocycles. The molecule has 1 unspecified atom stereocenters. The average molecular weight is 291 g/mol. The molecule has 2 aliphatic heterocycles. The van der Waals surface area contributed by atoms with Crippen molar-refractivity contribution in [3.8, 4) is 0 Å². The van der Waals surface area contributed by atoms with Crippen LogP contribution in [0.25, 0.3) is 0 Å². The van der Waals surface area contributed by atoms with Gasteiger partial charge in [-0.3, -0.25) is 0 Å². The van der Waals surface area contributed by atoms with Crippen molar-refractivity contribution in [1.82, 2.24) is 10.2 Å². The van der Waals surface area contributed by atoms with Crippen molar-refractivity contribution in [3.05, 3.63) is 30.1 Å². The van der Waals surface area contributed by atoms with E-state index in [2.05, 4.69) is 15.1 Å². The Labute approximate surface area is 127 Å². The fraction of sp³-hybridized carbons (Fsp3) is 0.647. The van der Waals surface area contributed by atoms with E-state index in [0.717, 1.165) is 31.2 Å². The number of hydrogen-bond donors (Lipinski definition) is 1. The first kappa shape index (κ1) is 14.8. The van der Waals surface area contributed by atoms with E-state index in [4.69, 9.17) is 0 Å². The Morgan fingerprint density at radius 1 is 1.05 bits per heavy atom. The molecule has 4 heteroatoms. The van der Waals surface area contributed by atoms with Crippen LogP contribution in [-0.4, -0.2) is 50.7 Å². The van der Waals surface area contributed by atoms with Gasteiger partial charge in [-0.2, -0.15) is 0 Å². The molecule has 0 spiro atoms. The summed E-state index contributed by atoms with van der Waals surface area (Å²) in [7, 11) is 0. The summed E-state index contributed by atoms with van der Waals surface area (Å²) in [4.78, 5) is 5.00. The second kappa shape index (κ2) is 7.23. The third kappa shape index (κ3) is 4.17. The Kier molecular flexibility index (Phi) is 5.09. The lowest BCUT2D eigenvalue weighted by atomic mass is 9.99. The summed E-state index contributed by atoms with van der Waals surface area (Å²) in [5, 5.41) is 3.51. The molecule has 1 aromatic carbocycles. The molecule has 3 rings (SSSR count). The van der Waals surface area contributed by atoms with Crippen molar-refractivity contribution in [2.45, 2.75) is 19.3 Å². The van der Waals surface area contributed by atoms with Gasteiger partial charge in [-0.25, -0.2) is 4.39 Å². The minimum absolute atomic E-state index is 0.153. The first-order chi connectivity index (χ1) is 10.3. The summed E-state index contributed by atoms with van der Waals surface area (Å²) in [5.41, 5.74) is 1.15. The third-order valence-electron chi connectivity index (χ3n) is 4.70. The van der Waals surface area contributed by atoms with Gasteiger partial charge in [-0.05, 0) is 69.1 Å². The summed E-state index contributed by atoms with van der Waals surface area (Å²) in [6.07, 6.45) is 3.88. The lowest BCUT2D eigenvalue weighted by Gasteiger charge is -2.29. The number of nitrogens with one attached hydrogen (secondary N) is 1. The Morgan fingerprint density at radius 3 is 2.67 bits per heavy atom. The number of halogens is 1. The first-order valence-corrected chi connectivity index (χ1v) is 8.25. The molecule has 21 heavy (non-hydrogen) atoms. The summed E-state index contributed by atoms with van der Waals surface area (Å²) in [6.45, 7) is 8.02. The molecular formula is C17H26FN3. The topological polar surface area (TPSA) is 18.5 Å². The van der Waals surface area contributed by atoms with Crippen molar-refractivity contribution in [2.24, 2.45) is 5.92 Å². The number of benzene rings is 1. The second-order valence-corrected chi connectivity index (χ2v) is 6.33. The SMILES string of the molecule is Fc1ccc(N2CCCN(CC3CCCNC3)CC2)cc1. The van der Waals surface area contributed by atoms with Gasteiger partial charge in [0.25, 0.3) is 0 Å². The maximum atomic E-state index is 13.0. The van der Waals surface area contributed by atoms with Crippen molar-refractivity contribution < 1.29 is 4.39 Å². The molecule has 2 saturated heterocycles. The van der Waals surface area contributed by atoms with Gasteiger partial charge in [0, 0.05) is 31.9 Å². The van der Waals surface area contributed by atoms with Gasteiger partial charge in [0.1, 0.15) is 5.82 Å². The molecule has 0 bridgehead atoms. The zero-order valence-corrected chi connectivity index (χ0v) is 12.7. The second-order valence-electron chi connectivity index (χ2n) is 6.33.